The van der Waals surface area contributed by atoms with Crippen LogP contribution in [-0.4, -0.2) is 24.6 Å². The van der Waals surface area contributed by atoms with Crippen LogP contribution in [0.4, 0.5) is 10.1 Å². The van der Waals surface area contributed by atoms with E-state index in [0.717, 1.165) is 10.6 Å². The lowest BCUT2D eigenvalue weighted by atomic mass is 10.3. The lowest BCUT2D eigenvalue weighted by Gasteiger charge is -2.12. The highest BCUT2D eigenvalue weighted by molar-refractivity contribution is 7.98. The summed E-state index contributed by atoms with van der Waals surface area (Å²) in [6.45, 7) is -0.278. The van der Waals surface area contributed by atoms with Crippen LogP contribution in [0, 0.1) is 5.82 Å². The van der Waals surface area contributed by atoms with Gasteiger partial charge < -0.3 is 14.8 Å². The molecule has 0 spiro atoms. The first kappa shape index (κ1) is 19.7. The zero-order valence-electron chi connectivity index (χ0n) is 15.2. The lowest BCUT2D eigenvalue weighted by molar-refractivity contribution is -0.118. The van der Waals surface area contributed by atoms with Crippen LogP contribution in [-0.2, 0) is 10.5 Å². The first-order chi connectivity index (χ1) is 13.7. The number of para-hydroxylation sites is 1. The molecule has 0 aliphatic heterocycles. The monoisotopic (exact) mass is 398 g/mol. The molecule has 0 unspecified atom stereocenters. The highest BCUT2D eigenvalue weighted by atomic mass is 32.2. The molecule has 2 aromatic carbocycles. The van der Waals surface area contributed by atoms with Crippen molar-refractivity contribution in [2.24, 2.45) is 0 Å². The van der Waals surface area contributed by atoms with Gasteiger partial charge in [0.05, 0.1) is 24.7 Å². The molecular formula is C21H19FN2O3S. The van der Waals surface area contributed by atoms with Crippen molar-refractivity contribution in [2.75, 3.05) is 19.0 Å². The predicted molar refractivity (Wildman–Crippen MR) is 107 cm³/mol. The lowest BCUT2D eigenvalue weighted by Crippen LogP contribution is -2.21. The van der Waals surface area contributed by atoms with Crippen LogP contribution in [0.1, 0.15) is 5.69 Å². The molecule has 144 valence electrons. The van der Waals surface area contributed by atoms with Crippen molar-refractivity contribution in [3.05, 3.63) is 78.4 Å². The van der Waals surface area contributed by atoms with Crippen molar-refractivity contribution < 1.29 is 18.7 Å². The van der Waals surface area contributed by atoms with Crippen LogP contribution in [0.5, 0.6) is 11.5 Å². The summed E-state index contributed by atoms with van der Waals surface area (Å²) >= 11 is 1.64. The van der Waals surface area contributed by atoms with E-state index in [1.165, 1.54) is 19.2 Å². The minimum atomic E-state index is -0.502. The van der Waals surface area contributed by atoms with Gasteiger partial charge in [-0.15, -0.1) is 11.8 Å². The van der Waals surface area contributed by atoms with Crippen molar-refractivity contribution in [1.29, 1.82) is 0 Å². The standard InChI is InChI=1S/C21H19FN2O3S/c1-26-20-12-23-15(14-28-16-7-3-2-4-8-16)11-19(20)27-13-21(25)24-18-10-6-5-9-17(18)22/h2-12H,13-14H2,1H3,(H,24,25). The van der Waals surface area contributed by atoms with Gasteiger partial charge in [0.15, 0.2) is 18.1 Å². The van der Waals surface area contributed by atoms with E-state index in [1.807, 2.05) is 30.3 Å². The fourth-order valence-electron chi connectivity index (χ4n) is 2.38. The molecule has 0 radical (unpaired) electrons. The number of hydrogen-bond donors (Lipinski definition) is 1. The first-order valence-corrected chi connectivity index (χ1v) is 9.52. The van der Waals surface area contributed by atoms with Gasteiger partial charge in [-0.3, -0.25) is 9.78 Å². The fraction of sp³-hybridized carbons (Fsp3) is 0.143. The Labute approximate surface area is 166 Å². The highest BCUT2D eigenvalue weighted by Crippen LogP contribution is 2.29. The Kier molecular flexibility index (Phi) is 6.86. The summed E-state index contributed by atoms with van der Waals surface area (Å²) < 4.78 is 24.5. The third-order valence-corrected chi connectivity index (χ3v) is 4.79. The van der Waals surface area contributed by atoms with Gasteiger partial charge in [0.1, 0.15) is 5.82 Å². The summed E-state index contributed by atoms with van der Waals surface area (Å²) in [5.74, 6) is 0.505. The smallest absolute Gasteiger partial charge is 0.262 e. The molecule has 1 amide bonds. The van der Waals surface area contributed by atoms with Crippen LogP contribution in [0.2, 0.25) is 0 Å². The third kappa shape index (κ3) is 5.47. The number of benzene rings is 2. The Morgan fingerprint density at radius 1 is 1.11 bits per heavy atom. The van der Waals surface area contributed by atoms with Crippen LogP contribution < -0.4 is 14.8 Å². The van der Waals surface area contributed by atoms with Crippen molar-refractivity contribution >= 4 is 23.4 Å². The van der Waals surface area contributed by atoms with Crippen LogP contribution in [0.25, 0.3) is 0 Å². The molecule has 28 heavy (non-hydrogen) atoms. The number of carbonyl (C=O) groups is 1. The summed E-state index contributed by atoms with van der Waals surface area (Å²) in [5, 5.41) is 2.48. The van der Waals surface area contributed by atoms with Crippen molar-refractivity contribution in [3.63, 3.8) is 0 Å². The average Bonchev–Trinajstić information content (AvgIpc) is 2.73. The Hall–Kier alpha value is -3.06. The van der Waals surface area contributed by atoms with Gasteiger partial charge in [0, 0.05) is 16.7 Å². The second-order valence-corrected chi connectivity index (χ2v) is 6.79. The topological polar surface area (TPSA) is 60.5 Å². The number of methoxy groups -OCH3 is 1. The van der Waals surface area contributed by atoms with Gasteiger partial charge in [-0.1, -0.05) is 30.3 Å². The number of ether oxygens (including phenoxy) is 2. The van der Waals surface area contributed by atoms with Crippen molar-refractivity contribution in [2.45, 2.75) is 10.6 Å². The Balaban J connectivity index is 1.61. The minimum absolute atomic E-state index is 0.109. The molecule has 1 aromatic heterocycles. The molecule has 3 aromatic rings. The Morgan fingerprint density at radius 3 is 2.61 bits per heavy atom. The van der Waals surface area contributed by atoms with Crippen molar-refractivity contribution in [1.82, 2.24) is 4.98 Å². The molecule has 0 saturated carbocycles. The molecule has 7 heteroatoms. The largest absolute Gasteiger partial charge is 0.491 e. The normalized spacial score (nSPS) is 10.4. The van der Waals surface area contributed by atoms with E-state index in [1.54, 1.807) is 36.2 Å². The second kappa shape index (κ2) is 9.75. The molecule has 0 atom stereocenters. The minimum Gasteiger partial charge on any atom is -0.491 e. The summed E-state index contributed by atoms with van der Waals surface area (Å²) in [7, 11) is 1.50. The molecule has 3 rings (SSSR count). The van der Waals surface area contributed by atoms with E-state index in [9.17, 15) is 9.18 Å². The SMILES string of the molecule is COc1cnc(CSc2ccccc2)cc1OCC(=O)Nc1ccccc1F. The van der Waals surface area contributed by atoms with Gasteiger partial charge in [0.25, 0.3) is 5.91 Å². The van der Waals surface area contributed by atoms with Crippen LogP contribution in [0.3, 0.4) is 0 Å². The number of amides is 1. The number of halogens is 1. The maximum Gasteiger partial charge on any atom is 0.262 e. The molecule has 1 N–H and O–H groups in total. The summed E-state index contributed by atoms with van der Waals surface area (Å²) in [6.07, 6.45) is 1.56. The van der Waals surface area contributed by atoms with Gasteiger partial charge in [0.2, 0.25) is 0 Å². The summed E-state index contributed by atoms with van der Waals surface area (Å²) in [6, 6.07) is 17.7. The number of pyridine rings is 1. The van der Waals surface area contributed by atoms with Gasteiger partial charge in [-0.25, -0.2) is 4.39 Å². The highest BCUT2D eigenvalue weighted by Gasteiger charge is 2.11. The molecule has 5 nitrogen and oxygen atoms in total. The third-order valence-electron chi connectivity index (χ3n) is 3.74. The zero-order valence-corrected chi connectivity index (χ0v) is 16.0. The van der Waals surface area contributed by atoms with Gasteiger partial charge in [-0.2, -0.15) is 0 Å². The van der Waals surface area contributed by atoms with E-state index < -0.39 is 11.7 Å². The summed E-state index contributed by atoms with van der Waals surface area (Å²) in [4.78, 5) is 17.6. The number of nitrogens with zero attached hydrogens (tertiary/aromatic N) is 1. The molecule has 0 aliphatic rings. The number of nitrogens with one attached hydrogen (secondary N) is 1. The molecule has 1 heterocycles. The molecule has 0 fully saturated rings. The van der Waals surface area contributed by atoms with Crippen LogP contribution in [0.15, 0.2) is 71.8 Å². The molecule has 0 bridgehead atoms. The number of rotatable bonds is 8. The zero-order chi connectivity index (χ0) is 19.8. The van der Waals surface area contributed by atoms with E-state index in [-0.39, 0.29) is 12.3 Å². The maximum atomic E-state index is 13.6. The van der Waals surface area contributed by atoms with Crippen molar-refractivity contribution in [3.8, 4) is 11.5 Å². The second-order valence-electron chi connectivity index (χ2n) is 5.74. The summed E-state index contributed by atoms with van der Waals surface area (Å²) in [5.41, 5.74) is 0.900. The molecule has 0 aliphatic carbocycles. The first-order valence-electron chi connectivity index (χ1n) is 8.53. The maximum absolute atomic E-state index is 13.6. The van der Waals surface area contributed by atoms with Crippen LogP contribution >= 0.6 is 11.8 Å². The van der Waals surface area contributed by atoms with E-state index >= 15 is 0 Å². The van der Waals surface area contributed by atoms with Gasteiger partial charge in [-0.05, 0) is 24.3 Å². The molecular weight excluding hydrogens is 379 g/mol. The number of thioether (sulfide) groups is 1. The number of hydrogen-bond acceptors (Lipinski definition) is 5. The molecule has 0 saturated heterocycles. The quantitative estimate of drug-likeness (QED) is 0.565. The van der Waals surface area contributed by atoms with E-state index in [0.29, 0.717) is 17.3 Å². The Bertz CT molecular complexity index is 938. The predicted octanol–water partition coefficient (Wildman–Crippen LogP) is 4.54. The average molecular weight is 398 g/mol. The number of anilines is 1. The Morgan fingerprint density at radius 2 is 1.86 bits per heavy atom. The fourth-order valence-corrected chi connectivity index (χ4v) is 3.20. The van der Waals surface area contributed by atoms with E-state index in [2.05, 4.69) is 10.3 Å². The number of aromatic nitrogens is 1. The number of carbonyl (C=O) groups excluding carboxylic acids is 1. The van der Waals surface area contributed by atoms with Gasteiger partial charge >= 0.3 is 0 Å². The van der Waals surface area contributed by atoms with E-state index in [4.69, 9.17) is 9.47 Å².